The molecule has 0 aromatic heterocycles. The van der Waals surface area contributed by atoms with Crippen LogP contribution in [0.15, 0.2) is 23.3 Å². The first-order valence-electron chi connectivity index (χ1n) is 3.64. The molecule has 1 heteroatoms. The van der Waals surface area contributed by atoms with Crippen LogP contribution in [0.25, 0.3) is 0 Å². The number of aliphatic hydroxyl groups is 1. The predicted octanol–water partition coefficient (Wildman–Crippen LogP) is 2.28. The molecule has 1 nitrogen and oxygen atoms in total. The number of aliphatic hydroxyl groups excluding tert-OH is 1. The third kappa shape index (κ3) is 4.33. The summed E-state index contributed by atoms with van der Waals surface area (Å²) in [4.78, 5) is 0. The van der Waals surface area contributed by atoms with Gasteiger partial charge in [0.1, 0.15) is 0 Å². The summed E-state index contributed by atoms with van der Waals surface area (Å²) in [5, 5.41) is 8.62. The van der Waals surface area contributed by atoms with E-state index in [2.05, 4.69) is 13.8 Å². The second-order valence-electron chi connectivity index (χ2n) is 2.54. The molecule has 0 bridgehead atoms. The summed E-state index contributed by atoms with van der Waals surface area (Å²) >= 11 is 0. The van der Waals surface area contributed by atoms with Crippen LogP contribution in [0.2, 0.25) is 0 Å². The van der Waals surface area contributed by atoms with E-state index < -0.39 is 0 Å². The highest BCUT2D eigenvalue weighted by molar-refractivity contribution is 5.15. The molecular formula is C9H16O. The lowest BCUT2D eigenvalue weighted by atomic mass is 10.2. The molecule has 0 rings (SSSR count). The third-order valence-electron chi connectivity index (χ3n) is 1.46. The van der Waals surface area contributed by atoms with Crippen molar-refractivity contribution < 1.29 is 5.11 Å². The van der Waals surface area contributed by atoms with Crippen LogP contribution in [0.3, 0.4) is 0 Å². The molecule has 0 aliphatic heterocycles. The molecule has 0 aromatic rings. The highest BCUT2D eigenvalue weighted by atomic mass is 16.3. The Morgan fingerprint density at radius 3 is 2.10 bits per heavy atom. The second kappa shape index (κ2) is 5.24. The van der Waals surface area contributed by atoms with E-state index in [9.17, 15) is 0 Å². The fraction of sp³-hybridized carbons (Fsp3) is 0.556. The summed E-state index contributed by atoms with van der Waals surface area (Å²) in [5.41, 5.74) is 2.35. The van der Waals surface area contributed by atoms with E-state index >= 15 is 0 Å². The van der Waals surface area contributed by atoms with E-state index in [-0.39, 0.29) is 6.61 Å². The molecule has 0 aliphatic carbocycles. The molecule has 0 aromatic carbocycles. The summed E-state index contributed by atoms with van der Waals surface area (Å²) in [7, 11) is 0. The molecule has 0 spiro atoms. The van der Waals surface area contributed by atoms with Crippen molar-refractivity contribution in [2.75, 3.05) is 6.61 Å². The van der Waals surface area contributed by atoms with Gasteiger partial charge in [-0.3, -0.25) is 0 Å². The quantitative estimate of drug-likeness (QED) is 0.596. The number of allylic oxidation sites excluding steroid dienone is 3. The maximum atomic E-state index is 8.62. The summed E-state index contributed by atoms with van der Waals surface area (Å²) in [6, 6.07) is 0. The second-order valence-corrected chi connectivity index (χ2v) is 2.54. The van der Waals surface area contributed by atoms with Gasteiger partial charge in [-0.15, -0.1) is 0 Å². The van der Waals surface area contributed by atoms with Crippen LogP contribution in [0, 0.1) is 0 Å². The monoisotopic (exact) mass is 140 g/mol. The SMILES string of the molecule is CC/C(C)=C\C=C(\C)CO. The van der Waals surface area contributed by atoms with Gasteiger partial charge in [-0.1, -0.05) is 24.6 Å². The maximum Gasteiger partial charge on any atom is 0.0642 e. The zero-order valence-electron chi connectivity index (χ0n) is 7.02. The predicted molar refractivity (Wildman–Crippen MR) is 44.9 cm³/mol. The normalized spacial score (nSPS) is 14.0. The van der Waals surface area contributed by atoms with E-state index in [4.69, 9.17) is 5.11 Å². The lowest BCUT2D eigenvalue weighted by Gasteiger charge is -1.92. The van der Waals surface area contributed by atoms with Gasteiger partial charge in [-0.2, -0.15) is 0 Å². The lowest BCUT2D eigenvalue weighted by Crippen LogP contribution is -1.81. The molecule has 58 valence electrons. The molecule has 0 aliphatic rings. The maximum absolute atomic E-state index is 8.62. The van der Waals surface area contributed by atoms with Gasteiger partial charge in [0.15, 0.2) is 0 Å². The van der Waals surface area contributed by atoms with Crippen molar-refractivity contribution in [2.45, 2.75) is 27.2 Å². The Morgan fingerprint density at radius 1 is 1.20 bits per heavy atom. The molecule has 0 atom stereocenters. The zero-order chi connectivity index (χ0) is 7.98. The van der Waals surface area contributed by atoms with Crippen LogP contribution in [-0.2, 0) is 0 Å². The minimum atomic E-state index is 0.160. The van der Waals surface area contributed by atoms with Crippen molar-refractivity contribution in [1.82, 2.24) is 0 Å². The lowest BCUT2D eigenvalue weighted by molar-refractivity contribution is 0.331. The molecule has 0 radical (unpaired) electrons. The van der Waals surface area contributed by atoms with Crippen LogP contribution in [-0.4, -0.2) is 11.7 Å². The van der Waals surface area contributed by atoms with Crippen molar-refractivity contribution in [3.63, 3.8) is 0 Å². The van der Waals surface area contributed by atoms with Gasteiger partial charge < -0.3 is 5.11 Å². The zero-order valence-corrected chi connectivity index (χ0v) is 7.02. The first-order chi connectivity index (χ1) is 4.70. The van der Waals surface area contributed by atoms with E-state index in [0.29, 0.717) is 0 Å². The van der Waals surface area contributed by atoms with Crippen molar-refractivity contribution in [2.24, 2.45) is 0 Å². The summed E-state index contributed by atoms with van der Waals surface area (Å²) < 4.78 is 0. The average Bonchev–Trinajstić information content (AvgIpc) is 1.99. The molecule has 0 heterocycles. The Kier molecular flexibility index (Phi) is 4.95. The fourth-order valence-corrected chi connectivity index (χ4v) is 0.455. The first kappa shape index (κ1) is 9.44. The van der Waals surface area contributed by atoms with Crippen LogP contribution in [0.1, 0.15) is 27.2 Å². The molecule has 0 saturated heterocycles. The van der Waals surface area contributed by atoms with Gasteiger partial charge >= 0.3 is 0 Å². The molecule has 0 fully saturated rings. The van der Waals surface area contributed by atoms with Gasteiger partial charge in [-0.25, -0.2) is 0 Å². The van der Waals surface area contributed by atoms with Crippen molar-refractivity contribution >= 4 is 0 Å². The van der Waals surface area contributed by atoms with E-state index in [1.807, 2.05) is 19.1 Å². The smallest absolute Gasteiger partial charge is 0.0642 e. The van der Waals surface area contributed by atoms with Crippen molar-refractivity contribution in [3.8, 4) is 0 Å². The van der Waals surface area contributed by atoms with Crippen molar-refractivity contribution in [3.05, 3.63) is 23.3 Å². The largest absolute Gasteiger partial charge is 0.392 e. The topological polar surface area (TPSA) is 20.2 Å². The van der Waals surface area contributed by atoms with Crippen LogP contribution in [0.4, 0.5) is 0 Å². The van der Waals surface area contributed by atoms with Gasteiger partial charge in [0.25, 0.3) is 0 Å². The van der Waals surface area contributed by atoms with Crippen molar-refractivity contribution in [1.29, 1.82) is 0 Å². The van der Waals surface area contributed by atoms with Gasteiger partial charge in [0.2, 0.25) is 0 Å². The Morgan fingerprint density at radius 2 is 1.70 bits per heavy atom. The summed E-state index contributed by atoms with van der Waals surface area (Å²) in [5.74, 6) is 0. The Labute approximate surface area is 63.1 Å². The minimum Gasteiger partial charge on any atom is -0.392 e. The average molecular weight is 140 g/mol. The number of hydrogen-bond acceptors (Lipinski definition) is 1. The highest BCUT2D eigenvalue weighted by Gasteiger charge is 1.82. The standard InChI is InChI=1S/C9H16O/c1-4-8(2)5-6-9(3)7-10/h5-6,10H,4,7H2,1-3H3/b8-5-,9-6-. The summed E-state index contributed by atoms with van der Waals surface area (Å²) in [6.45, 7) is 6.28. The van der Waals surface area contributed by atoms with Crippen LogP contribution in [0.5, 0.6) is 0 Å². The molecule has 0 amide bonds. The number of hydrogen-bond donors (Lipinski definition) is 1. The van der Waals surface area contributed by atoms with E-state index in [1.165, 1.54) is 5.57 Å². The number of rotatable bonds is 3. The Hall–Kier alpha value is -0.560. The molecule has 0 saturated carbocycles. The molecule has 10 heavy (non-hydrogen) atoms. The Balaban J connectivity index is 3.91. The summed E-state index contributed by atoms with van der Waals surface area (Å²) in [6.07, 6.45) is 5.08. The van der Waals surface area contributed by atoms with Gasteiger partial charge in [0, 0.05) is 0 Å². The molecular weight excluding hydrogens is 124 g/mol. The van der Waals surface area contributed by atoms with Gasteiger partial charge in [-0.05, 0) is 25.8 Å². The molecule has 0 unspecified atom stereocenters. The third-order valence-corrected chi connectivity index (χ3v) is 1.46. The minimum absolute atomic E-state index is 0.160. The van der Waals surface area contributed by atoms with Gasteiger partial charge in [0.05, 0.1) is 6.61 Å². The van der Waals surface area contributed by atoms with Crippen LogP contribution >= 0.6 is 0 Å². The molecule has 1 N–H and O–H groups in total. The Bertz CT molecular complexity index is 125. The van der Waals surface area contributed by atoms with E-state index in [1.54, 1.807) is 0 Å². The van der Waals surface area contributed by atoms with Crippen LogP contribution < -0.4 is 0 Å². The highest BCUT2D eigenvalue weighted by Crippen LogP contribution is 1.99. The fourth-order valence-electron chi connectivity index (χ4n) is 0.455. The first-order valence-corrected chi connectivity index (χ1v) is 3.64. The van der Waals surface area contributed by atoms with E-state index in [0.717, 1.165) is 12.0 Å².